The summed E-state index contributed by atoms with van der Waals surface area (Å²) in [6.07, 6.45) is 5.41. The van der Waals surface area contributed by atoms with Crippen molar-refractivity contribution >= 4 is 21.6 Å². The van der Waals surface area contributed by atoms with E-state index in [9.17, 15) is 10.1 Å². The average Bonchev–Trinajstić information content (AvgIpc) is 2.88. The second kappa shape index (κ2) is 6.62. The molecule has 6 nitrogen and oxygen atoms in total. The van der Waals surface area contributed by atoms with Crippen molar-refractivity contribution in [3.63, 3.8) is 0 Å². The summed E-state index contributed by atoms with van der Waals surface area (Å²) in [6, 6.07) is 5.20. The predicted octanol–water partition coefficient (Wildman–Crippen LogP) is 2.73. The van der Waals surface area contributed by atoms with Crippen LogP contribution in [0.3, 0.4) is 0 Å². The number of nitrogens with one attached hydrogen (secondary N) is 1. The summed E-state index contributed by atoms with van der Waals surface area (Å²) in [4.78, 5) is 14.4. The molecule has 1 aromatic carbocycles. The molecule has 2 aromatic rings. The zero-order valence-corrected chi connectivity index (χ0v) is 12.6. The molecule has 1 heterocycles. The molecule has 0 aliphatic rings. The smallest absolute Gasteiger partial charge is 0.270 e. The lowest BCUT2D eigenvalue weighted by molar-refractivity contribution is -0.385. The molecule has 0 radical (unpaired) electrons. The highest BCUT2D eigenvalue weighted by Crippen LogP contribution is 2.21. The predicted molar refractivity (Wildman–Crippen MR) is 79.3 cm³/mol. The minimum Gasteiger partial charge on any atom is -0.336 e. The van der Waals surface area contributed by atoms with Crippen LogP contribution in [0.25, 0.3) is 0 Å². The average molecular weight is 339 g/mol. The normalized spacial score (nSPS) is 12.3. The van der Waals surface area contributed by atoms with E-state index in [4.69, 9.17) is 0 Å². The molecule has 0 spiro atoms. The molecule has 1 atom stereocenters. The van der Waals surface area contributed by atoms with Crippen LogP contribution >= 0.6 is 15.9 Å². The number of rotatable bonds is 6. The molecule has 0 fully saturated rings. The van der Waals surface area contributed by atoms with Gasteiger partial charge >= 0.3 is 0 Å². The van der Waals surface area contributed by atoms with E-state index < -0.39 is 0 Å². The minimum atomic E-state index is -0.386. The van der Waals surface area contributed by atoms with Crippen molar-refractivity contribution in [1.82, 2.24) is 14.9 Å². The van der Waals surface area contributed by atoms with Crippen LogP contribution in [0.15, 0.2) is 41.4 Å². The quantitative estimate of drug-likeness (QED) is 0.649. The largest absolute Gasteiger partial charge is 0.336 e. The third-order valence-corrected chi connectivity index (χ3v) is 3.31. The second-order valence-corrected chi connectivity index (χ2v) is 5.53. The van der Waals surface area contributed by atoms with Crippen molar-refractivity contribution in [3.8, 4) is 0 Å². The molecule has 0 aliphatic carbocycles. The standard InChI is InChI=1S/C13H15BrN4O2/c1-10(8-17-3-2-15-9-17)16-7-11-4-12(14)6-13(5-11)18(19)20/h2-6,9-10,16H,7-8H2,1H3. The molecule has 2 rings (SSSR count). The van der Waals surface area contributed by atoms with Crippen molar-refractivity contribution in [2.24, 2.45) is 0 Å². The summed E-state index contributed by atoms with van der Waals surface area (Å²) in [5, 5.41) is 14.1. The van der Waals surface area contributed by atoms with Gasteiger partial charge in [0.15, 0.2) is 0 Å². The van der Waals surface area contributed by atoms with Crippen molar-refractivity contribution in [2.75, 3.05) is 0 Å². The molecule has 106 valence electrons. The summed E-state index contributed by atoms with van der Waals surface area (Å²) in [7, 11) is 0. The first-order chi connectivity index (χ1) is 9.54. The first kappa shape index (κ1) is 14.7. The number of non-ortho nitro benzene ring substituents is 1. The van der Waals surface area contributed by atoms with Crippen LogP contribution in [0, 0.1) is 10.1 Å². The van der Waals surface area contributed by atoms with Crippen LogP contribution in [-0.2, 0) is 13.1 Å². The Balaban J connectivity index is 1.94. The lowest BCUT2D eigenvalue weighted by Gasteiger charge is -2.14. The van der Waals surface area contributed by atoms with Crippen molar-refractivity contribution < 1.29 is 4.92 Å². The first-order valence-corrected chi connectivity index (χ1v) is 6.97. The zero-order chi connectivity index (χ0) is 14.5. The fourth-order valence-electron chi connectivity index (χ4n) is 1.91. The van der Waals surface area contributed by atoms with E-state index in [1.807, 2.05) is 16.8 Å². The van der Waals surface area contributed by atoms with E-state index >= 15 is 0 Å². The number of aromatic nitrogens is 2. The fraction of sp³-hybridized carbons (Fsp3) is 0.308. The van der Waals surface area contributed by atoms with Crippen molar-refractivity contribution in [1.29, 1.82) is 0 Å². The van der Waals surface area contributed by atoms with Gasteiger partial charge < -0.3 is 9.88 Å². The first-order valence-electron chi connectivity index (χ1n) is 6.17. The van der Waals surface area contributed by atoms with Gasteiger partial charge in [-0.15, -0.1) is 0 Å². The van der Waals surface area contributed by atoms with Crippen LogP contribution in [-0.4, -0.2) is 20.5 Å². The van der Waals surface area contributed by atoms with Gasteiger partial charge in [0.1, 0.15) is 0 Å². The van der Waals surface area contributed by atoms with Crippen LogP contribution in [0.1, 0.15) is 12.5 Å². The number of hydrogen-bond acceptors (Lipinski definition) is 4. The van der Waals surface area contributed by atoms with E-state index in [2.05, 4.69) is 33.2 Å². The lowest BCUT2D eigenvalue weighted by Crippen LogP contribution is -2.29. The fourth-order valence-corrected chi connectivity index (χ4v) is 2.44. The molecular formula is C13H15BrN4O2. The Morgan fingerprint density at radius 2 is 2.30 bits per heavy atom. The summed E-state index contributed by atoms with van der Waals surface area (Å²) < 4.78 is 2.70. The van der Waals surface area contributed by atoms with E-state index in [1.165, 1.54) is 6.07 Å². The van der Waals surface area contributed by atoms with Gasteiger partial charge in [0.25, 0.3) is 5.69 Å². The summed E-state index contributed by atoms with van der Waals surface area (Å²) >= 11 is 3.29. The van der Waals surface area contributed by atoms with Crippen LogP contribution in [0.4, 0.5) is 5.69 Å². The maximum absolute atomic E-state index is 10.8. The molecule has 20 heavy (non-hydrogen) atoms. The summed E-state index contributed by atoms with van der Waals surface area (Å²) in [6.45, 7) is 3.44. The van der Waals surface area contributed by atoms with Gasteiger partial charge in [-0.3, -0.25) is 10.1 Å². The minimum absolute atomic E-state index is 0.0958. The summed E-state index contributed by atoms with van der Waals surface area (Å²) in [5.74, 6) is 0. The Kier molecular flexibility index (Phi) is 4.86. The second-order valence-electron chi connectivity index (χ2n) is 4.62. The molecule has 0 amide bonds. The lowest BCUT2D eigenvalue weighted by atomic mass is 10.2. The van der Waals surface area contributed by atoms with Crippen molar-refractivity contribution in [2.45, 2.75) is 26.1 Å². The highest BCUT2D eigenvalue weighted by atomic mass is 79.9. The Bertz CT molecular complexity index is 586. The highest BCUT2D eigenvalue weighted by molar-refractivity contribution is 9.10. The maximum Gasteiger partial charge on any atom is 0.270 e. The molecule has 7 heteroatoms. The zero-order valence-electron chi connectivity index (χ0n) is 11.0. The van der Waals surface area contributed by atoms with Gasteiger partial charge in [0.05, 0.1) is 11.3 Å². The molecular weight excluding hydrogens is 324 g/mol. The SMILES string of the molecule is CC(Cn1ccnc1)NCc1cc(Br)cc([N+](=O)[O-])c1. The van der Waals surface area contributed by atoms with Crippen molar-refractivity contribution in [3.05, 3.63) is 57.1 Å². The van der Waals surface area contributed by atoms with Gasteiger partial charge in [-0.05, 0) is 18.6 Å². The number of halogens is 1. The Labute approximate surface area is 125 Å². The maximum atomic E-state index is 10.8. The molecule has 0 saturated heterocycles. The Morgan fingerprint density at radius 1 is 1.50 bits per heavy atom. The van der Waals surface area contributed by atoms with E-state index in [0.29, 0.717) is 11.0 Å². The van der Waals surface area contributed by atoms with Gasteiger partial charge in [0.2, 0.25) is 0 Å². The topological polar surface area (TPSA) is 73.0 Å². The molecule has 1 unspecified atom stereocenters. The number of imidazole rings is 1. The van der Waals surface area contributed by atoms with E-state index in [0.717, 1.165) is 12.1 Å². The van der Waals surface area contributed by atoms with Gasteiger partial charge in [-0.25, -0.2) is 4.98 Å². The molecule has 1 N–H and O–H groups in total. The third kappa shape index (κ3) is 4.14. The molecule has 0 aliphatic heterocycles. The van der Waals surface area contributed by atoms with Crippen LogP contribution < -0.4 is 5.32 Å². The van der Waals surface area contributed by atoms with E-state index in [1.54, 1.807) is 18.6 Å². The molecule has 1 aromatic heterocycles. The van der Waals surface area contributed by atoms with Gasteiger partial charge in [-0.1, -0.05) is 15.9 Å². The Morgan fingerprint density at radius 3 is 2.95 bits per heavy atom. The number of nitro benzene ring substituents is 1. The monoisotopic (exact) mass is 338 g/mol. The number of nitrogens with zero attached hydrogens (tertiary/aromatic N) is 3. The van der Waals surface area contributed by atoms with Gasteiger partial charge in [-0.2, -0.15) is 0 Å². The van der Waals surface area contributed by atoms with E-state index in [-0.39, 0.29) is 16.7 Å². The number of benzene rings is 1. The highest BCUT2D eigenvalue weighted by Gasteiger charge is 2.09. The molecule has 0 bridgehead atoms. The number of nitro groups is 1. The van der Waals surface area contributed by atoms with Crippen LogP contribution in [0.5, 0.6) is 0 Å². The molecule has 0 saturated carbocycles. The summed E-state index contributed by atoms with van der Waals surface area (Å²) in [5.41, 5.74) is 0.974. The third-order valence-electron chi connectivity index (χ3n) is 2.85. The van der Waals surface area contributed by atoms with Crippen LogP contribution in [0.2, 0.25) is 0 Å². The Hall–Kier alpha value is -1.73. The number of hydrogen-bond donors (Lipinski definition) is 1. The van der Waals surface area contributed by atoms with Gasteiger partial charge in [0, 0.05) is 48.1 Å².